The first-order valence-corrected chi connectivity index (χ1v) is 5.41. The first-order chi connectivity index (χ1) is 8.93. The van der Waals surface area contributed by atoms with Gasteiger partial charge in [0.1, 0.15) is 0 Å². The van der Waals surface area contributed by atoms with E-state index in [4.69, 9.17) is 0 Å². The van der Waals surface area contributed by atoms with Crippen LogP contribution in [-0.2, 0) is 6.18 Å². The number of aromatic nitrogens is 4. The molecule has 100 valence electrons. The predicted octanol–water partition coefficient (Wildman–Crippen LogP) is 2.27. The van der Waals surface area contributed by atoms with Gasteiger partial charge in [0.25, 0.3) is 0 Å². The third kappa shape index (κ3) is 2.61. The van der Waals surface area contributed by atoms with Crippen LogP contribution in [0.3, 0.4) is 0 Å². The first-order valence-electron chi connectivity index (χ1n) is 5.41. The van der Waals surface area contributed by atoms with Crippen LogP contribution < -0.4 is 0 Å². The maximum Gasteiger partial charge on any atom is 0.416 e. The third-order valence-electron chi connectivity index (χ3n) is 2.51. The van der Waals surface area contributed by atoms with Gasteiger partial charge in [-0.3, -0.25) is 4.79 Å². The van der Waals surface area contributed by atoms with E-state index in [0.29, 0.717) is 0 Å². The molecule has 0 fully saturated rings. The number of carbonyl (C=O) groups is 1. The molecule has 8 heteroatoms. The molecule has 0 spiro atoms. The van der Waals surface area contributed by atoms with Crippen LogP contribution in [0, 0.1) is 0 Å². The second kappa shape index (κ2) is 4.79. The molecule has 1 aromatic heterocycles. The Bertz CT molecular complexity index is 592. The third-order valence-corrected chi connectivity index (χ3v) is 2.51. The highest BCUT2D eigenvalue weighted by Crippen LogP contribution is 2.31. The molecule has 2 rings (SSSR count). The van der Waals surface area contributed by atoms with Gasteiger partial charge < -0.3 is 0 Å². The van der Waals surface area contributed by atoms with Crippen molar-refractivity contribution >= 4 is 5.78 Å². The lowest BCUT2D eigenvalue weighted by Crippen LogP contribution is -2.12. The maximum absolute atomic E-state index is 12.7. The molecule has 2 aromatic rings. The number of tetrazole rings is 1. The van der Waals surface area contributed by atoms with E-state index in [0.717, 1.165) is 29.3 Å². The molecular formula is C11H9F3N4O. The molecule has 0 radical (unpaired) electrons. The molecule has 0 atom stereocenters. The lowest BCUT2D eigenvalue weighted by atomic mass is 10.0. The van der Waals surface area contributed by atoms with Crippen LogP contribution in [0.15, 0.2) is 24.5 Å². The van der Waals surface area contributed by atoms with E-state index in [-0.39, 0.29) is 23.5 Å². The minimum atomic E-state index is -4.50. The molecule has 5 nitrogen and oxygen atoms in total. The number of alkyl halides is 3. The van der Waals surface area contributed by atoms with Gasteiger partial charge >= 0.3 is 6.18 Å². The summed E-state index contributed by atoms with van der Waals surface area (Å²) in [5.41, 5.74) is -0.764. The molecule has 0 saturated heterocycles. The van der Waals surface area contributed by atoms with E-state index in [9.17, 15) is 18.0 Å². The van der Waals surface area contributed by atoms with E-state index in [2.05, 4.69) is 15.4 Å². The number of hydrogen-bond donors (Lipinski definition) is 0. The minimum Gasteiger partial charge on any atom is -0.294 e. The summed E-state index contributed by atoms with van der Waals surface area (Å²) in [6.45, 7) is 1.62. The highest BCUT2D eigenvalue weighted by molar-refractivity contribution is 5.99. The molecule has 0 aliphatic rings. The Balaban J connectivity index is 2.61. The van der Waals surface area contributed by atoms with Crippen molar-refractivity contribution in [3.05, 3.63) is 35.7 Å². The Morgan fingerprint density at radius 3 is 2.63 bits per heavy atom. The van der Waals surface area contributed by atoms with Crippen LogP contribution in [0.2, 0.25) is 0 Å². The van der Waals surface area contributed by atoms with E-state index in [1.807, 2.05) is 0 Å². The monoisotopic (exact) mass is 270 g/mol. The van der Waals surface area contributed by atoms with Crippen molar-refractivity contribution in [2.45, 2.75) is 19.5 Å². The van der Waals surface area contributed by atoms with Crippen LogP contribution in [0.1, 0.15) is 29.3 Å². The number of ketones is 1. The summed E-state index contributed by atoms with van der Waals surface area (Å²) in [7, 11) is 0. The smallest absolute Gasteiger partial charge is 0.294 e. The molecule has 0 bridgehead atoms. The van der Waals surface area contributed by atoms with Gasteiger partial charge in [-0.1, -0.05) is 6.92 Å². The molecule has 0 saturated carbocycles. The van der Waals surface area contributed by atoms with Gasteiger partial charge in [0.2, 0.25) is 0 Å². The summed E-state index contributed by atoms with van der Waals surface area (Å²) < 4.78 is 38.0. The van der Waals surface area contributed by atoms with Crippen LogP contribution in [0.5, 0.6) is 0 Å². The Hall–Kier alpha value is -2.25. The average Bonchev–Trinajstić information content (AvgIpc) is 2.89. The van der Waals surface area contributed by atoms with Crippen molar-refractivity contribution in [1.82, 2.24) is 20.2 Å². The fourth-order valence-corrected chi connectivity index (χ4v) is 1.58. The zero-order valence-corrected chi connectivity index (χ0v) is 9.85. The predicted molar refractivity (Wildman–Crippen MR) is 58.8 cm³/mol. The van der Waals surface area contributed by atoms with E-state index in [1.165, 1.54) is 0 Å². The van der Waals surface area contributed by atoms with Gasteiger partial charge in [-0.05, 0) is 23.4 Å². The molecule has 0 aliphatic carbocycles. The molecular weight excluding hydrogens is 261 g/mol. The van der Waals surface area contributed by atoms with Crippen molar-refractivity contribution in [3.8, 4) is 5.69 Å². The van der Waals surface area contributed by atoms with Crippen molar-refractivity contribution in [2.75, 3.05) is 0 Å². The number of hydrogen-bond acceptors (Lipinski definition) is 4. The highest BCUT2D eigenvalue weighted by atomic mass is 19.4. The molecule has 0 N–H and O–H groups in total. The Labute approximate surface area is 106 Å². The first kappa shape index (κ1) is 13.2. The molecule has 1 heterocycles. The molecule has 0 amide bonds. The summed E-state index contributed by atoms with van der Waals surface area (Å²) >= 11 is 0. The molecule has 1 aromatic carbocycles. The fraction of sp³-hybridized carbons (Fsp3) is 0.273. The maximum atomic E-state index is 12.7. The van der Waals surface area contributed by atoms with Crippen molar-refractivity contribution in [2.24, 2.45) is 0 Å². The minimum absolute atomic E-state index is 0.0285. The molecule has 19 heavy (non-hydrogen) atoms. The Kier molecular flexibility index (Phi) is 3.32. The Morgan fingerprint density at radius 1 is 1.37 bits per heavy atom. The lowest BCUT2D eigenvalue weighted by molar-refractivity contribution is -0.137. The van der Waals surface area contributed by atoms with E-state index < -0.39 is 11.7 Å². The van der Waals surface area contributed by atoms with E-state index in [1.54, 1.807) is 6.92 Å². The summed E-state index contributed by atoms with van der Waals surface area (Å²) in [4.78, 5) is 12.6. The summed E-state index contributed by atoms with van der Waals surface area (Å²) in [6, 6.07) is 2.83. The van der Waals surface area contributed by atoms with Gasteiger partial charge in [-0.15, -0.1) is 15.0 Å². The lowest BCUT2D eigenvalue weighted by Gasteiger charge is -2.11. The van der Waals surface area contributed by atoms with Gasteiger partial charge in [0, 0.05) is 12.0 Å². The van der Waals surface area contributed by atoms with Crippen molar-refractivity contribution in [1.29, 1.82) is 0 Å². The summed E-state index contributed by atoms with van der Waals surface area (Å²) in [5, 5.41) is 10.6. The van der Waals surface area contributed by atoms with E-state index >= 15 is 0 Å². The fourth-order valence-electron chi connectivity index (χ4n) is 1.58. The summed E-state index contributed by atoms with van der Waals surface area (Å²) in [5.74, 6) is -0.291. The van der Waals surface area contributed by atoms with Crippen molar-refractivity contribution in [3.63, 3.8) is 0 Å². The number of Topliss-reactive ketones (excluding diaryl/α,β-unsaturated/α-hetero) is 1. The second-order valence-corrected chi connectivity index (χ2v) is 3.73. The van der Waals surface area contributed by atoms with Gasteiger partial charge in [0.15, 0.2) is 12.1 Å². The topological polar surface area (TPSA) is 60.7 Å². The number of benzene rings is 1. The van der Waals surface area contributed by atoms with Crippen LogP contribution >= 0.6 is 0 Å². The van der Waals surface area contributed by atoms with Gasteiger partial charge in [-0.2, -0.15) is 13.2 Å². The number of halogens is 3. The zero-order chi connectivity index (χ0) is 14.0. The Morgan fingerprint density at radius 2 is 2.11 bits per heavy atom. The van der Waals surface area contributed by atoms with Crippen LogP contribution in [-0.4, -0.2) is 26.0 Å². The molecule has 0 unspecified atom stereocenters. The largest absolute Gasteiger partial charge is 0.416 e. The van der Waals surface area contributed by atoms with Crippen molar-refractivity contribution < 1.29 is 18.0 Å². The average molecular weight is 270 g/mol. The van der Waals surface area contributed by atoms with Crippen LogP contribution in [0.25, 0.3) is 5.69 Å². The second-order valence-electron chi connectivity index (χ2n) is 3.73. The van der Waals surface area contributed by atoms with Crippen LogP contribution in [0.4, 0.5) is 13.2 Å². The van der Waals surface area contributed by atoms with Gasteiger partial charge in [-0.25, -0.2) is 0 Å². The normalized spacial score (nSPS) is 11.6. The highest BCUT2D eigenvalue weighted by Gasteiger charge is 2.32. The van der Waals surface area contributed by atoms with Gasteiger partial charge in [0.05, 0.1) is 11.3 Å². The number of rotatable bonds is 3. The zero-order valence-electron chi connectivity index (χ0n) is 9.85. The SMILES string of the molecule is CCC(=O)c1ccc(C(F)(F)F)cc1-n1ncnn1. The quantitative estimate of drug-likeness (QED) is 0.803. The summed E-state index contributed by atoms with van der Waals surface area (Å²) in [6.07, 6.45) is -3.24. The number of carbonyl (C=O) groups excluding carboxylic acids is 1. The molecule has 0 aliphatic heterocycles. The number of nitrogens with zero attached hydrogens (tertiary/aromatic N) is 4. The standard InChI is InChI=1S/C11H9F3N4O/c1-2-10(19)8-4-3-7(11(12,13)14)5-9(8)18-16-6-15-17-18/h3-6H,2H2,1H3.